The SMILES string of the molecule is CC(CC(=O)O)Sc1nc2ccccc2o1. The van der Waals surface area contributed by atoms with Crippen molar-refractivity contribution in [1.29, 1.82) is 0 Å². The highest BCUT2D eigenvalue weighted by atomic mass is 32.2. The molecule has 1 N–H and O–H groups in total. The van der Waals surface area contributed by atoms with Gasteiger partial charge in [-0.05, 0) is 12.1 Å². The normalized spacial score (nSPS) is 12.8. The minimum absolute atomic E-state index is 0.0504. The number of benzene rings is 1. The lowest BCUT2D eigenvalue weighted by molar-refractivity contribution is -0.136. The second-order valence-corrected chi connectivity index (χ2v) is 4.86. The van der Waals surface area contributed by atoms with Crippen LogP contribution in [0.25, 0.3) is 11.1 Å². The molecule has 2 rings (SSSR count). The molecule has 5 heteroatoms. The lowest BCUT2D eigenvalue weighted by atomic mass is 10.3. The Morgan fingerprint density at radius 1 is 1.56 bits per heavy atom. The van der Waals surface area contributed by atoms with Crippen LogP contribution in [0.5, 0.6) is 0 Å². The van der Waals surface area contributed by atoms with Crippen molar-refractivity contribution < 1.29 is 14.3 Å². The first kappa shape index (κ1) is 11.0. The standard InChI is InChI=1S/C11H11NO3S/c1-7(6-10(13)14)16-11-12-8-4-2-3-5-9(8)15-11/h2-5,7H,6H2,1H3,(H,13,14). The molecular weight excluding hydrogens is 226 g/mol. The van der Waals surface area contributed by atoms with Crippen LogP contribution in [0, 0.1) is 0 Å². The fraction of sp³-hybridized carbons (Fsp3) is 0.273. The molecule has 0 aliphatic heterocycles. The number of aliphatic carboxylic acids is 1. The lowest BCUT2D eigenvalue weighted by Gasteiger charge is -2.03. The molecule has 0 bridgehead atoms. The first-order valence-electron chi connectivity index (χ1n) is 4.89. The second kappa shape index (κ2) is 4.57. The molecule has 0 aliphatic rings. The van der Waals surface area contributed by atoms with Crippen LogP contribution in [0.2, 0.25) is 0 Å². The summed E-state index contributed by atoms with van der Waals surface area (Å²) in [5.74, 6) is -0.809. The second-order valence-electron chi connectivity index (χ2n) is 3.47. The molecule has 0 aliphatic carbocycles. The third kappa shape index (κ3) is 2.55. The summed E-state index contributed by atoms with van der Waals surface area (Å²) >= 11 is 1.34. The molecular formula is C11H11NO3S. The Kier molecular flexibility index (Phi) is 3.14. The van der Waals surface area contributed by atoms with Crippen LogP contribution in [0.15, 0.2) is 33.9 Å². The number of hydrogen-bond donors (Lipinski definition) is 1. The van der Waals surface area contributed by atoms with Gasteiger partial charge in [0, 0.05) is 5.25 Å². The van der Waals surface area contributed by atoms with Crippen molar-refractivity contribution >= 4 is 28.8 Å². The third-order valence-electron chi connectivity index (χ3n) is 2.04. The van der Waals surface area contributed by atoms with E-state index in [1.165, 1.54) is 11.8 Å². The summed E-state index contributed by atoms with van der Waals surface area (Å²) in [5, 5.41) is 9.11. The summed E-state index contributed by atoms with van der Waals surface area (Å²) < 4.78 is 5.48. The predicted molar refractivity (Wildman–Crippen MR) is 61.6 cm³/mol. The Morgan fingerprint density at radius 2 is 2.31 bits per heavy atom. The van der Waals surface area contributed by atoms with Gasteiger partial charge in [0.15, 0.2) is 5.58 Å². The van der Waals surface area contributed by atoms with E-state index in [1.807, 2.05) is 31.2 Å². The molecule has 1 aromatic heterocycles. The van der Waals surface area contributed by atoms with Crippen LogP contribution in [0.1, 0.15) is 13.3 Å². The van der Waals surface area contributed by atoms with E-state index in [9.17, 15) is 4.79 Å². The zero-order valence-electron chi connectivity index (χ0n) is 8.71. The minimum atomic E-state index is -0.809. The Hall–Kier alpha value is -1.49. The number of nitrogens with zero attached hydrogens (tertiary/aromatic N) is 1. The van der Waals surface area contributed by atoms with E-state index < -0.39 is 5.97 Å². The Morgan fingerprint density at radius 3 is 3.00 bits per heavy atom. The van der Waals surface area contributed by atoms with Gasteiger partial charge in [-0.3, -0.25) is 4.79 Å². The van der Waals surface area contributed by atoms with E-state index in [1.54, 1.807) is 0 Å². The van der Waals surface area contributed by atoms with Crippen molar-refractivity contribution in [2.45, 2.75) is 23.8 Å². The molecule has 0 spiro atoms. The zero-order valence-corrected chi connectivity index (χ0v) is 9.53. The molecule has 1 atom stereocenters. The van der Waals surface area contributed by atoms with Gasteiger partial charge in [-0.2, -0.15) is 0 Å². The van der Waals surface area contributed by atoms with Crippen molar-refractivity contribution in [3.63, 3.8) is 0 Å². The fourth-order valence-electron chi connectivity index (χ4n) is 1.36. The summed E-state index contributed by atoms with van der Waals surface area (Å²) in [4.78, 5) is 14.8. The predicted octanol–water partition coefficient (Wildman–Crippen LogP) is 2.78. The number of fused-ring (bicyclic) bond motifs is 1. The van der Waals surface area contributed by atoms with Gasteiger partial charge >= 0.3 is 5.97 Å². The molecule has 1 heterocycles. The number of thioether (sulfide) groups is 1. The maximum atomic E-state index is 10.5. The maximum Gasteiger partial charge on any atom is 0.304 e. The zero-order chi connectivity index (χ0) is 11.5. The van der Waals surface area contributed by atoms with Crippen LogP contribution < -0.4 is 0 Å². The van der Waals surface area contributed by atoms with E-state index in [4.69, 9.17) is 9.52 Å². The van der Waals surface area contributed by atoms with Gasteiger partial charge in [0.05, 0.1) is 6.42 Å². The van der Waals surface area contributed by atoms with Crippen LogP contribution in [0.3, 0.4) is 0 Å². The highest BCUT2D eigenvalue weighted by molar-refractivity contribution is 7.99. The average Bonchev–Trinajstić information content (AvgIpc) is 2.57. The minimum Gasteiger partial charge on any atom is -0.481 e. The number of para-hydroxylation sites is 2. The smallest absolute Gasteiger partial charge is 0.304 e. The van der Waals surface area contributed by atoms with Gasteiger partial charge in [-0.1, -0.05) is 30.8 Å². The highest BCUT2D eigenvalue weighted by Crippen LogP contribution is 2.27. The van der Waals surface area contributed by atoms with Crippen molar-refractivity contribution in [2.75, 3.05) is 0 Å². The van der Waals surface area contributed by atoms with Gasteiger partial charge in [0.1, 0.15) is 5.52 Å². The summed E-state index contributed by atoms with van der Waals surface area (Å²) in [5.41, 5.74) is 1.53. The Balaban J connectivity index is 2.12. The van der Waals surface area contributed by atoms with Gasteiger partial charge in [0.25, 0.3) is 5.22 Å². The monoisotopic (exact) mass is 237 g/mol. The summed E-state index contributed by atoms with van der Waals surface area (Å²) in [6, 6.07) is 7.47. The lowest BCUT2D eigenvalue weighted by Crippen LogP contribution is -2.05. The molecule has 16 heavy (non-hydrogen) atoms. The summed E-state index contributed by atoms with van der Waals surface area (Å²) in [6.45, 7) is 1.84. The van der Waals surface area contributed by atoms with Crippen LogP contribution in [-0.4, -0.2) is 21.3 Å². The molecule has 0 amide bonds. The van der Waals surface area contributed by atoms with Gasteiger partial charge in [0.2, 0.25) is 0 Å². The molecule has 4 nitrogen and oxygen atoms in total. The van der Waals surface area contributed by atoms with Gasteiger partial charge < -0.3 is 9.52 Å². The topological polar surface area (TPSA) is 63.3 Å². The van der Waals surface area contributed by atoms with Crippen molar-refractivity contribution in [2.24, 2.45) is 0 Å². The molecule has 1 unspecified atom stereocenters. The fourth-order valence-corrected chi connectivity index (χ4v) is 2.22. The number of carboxylic acid groups (broad SMARTS) is 1. The Labute approximate surface area is 96.7 Å². The van der Waals surface area contributed by atoms with Crippen LogP contribution >= 0.6 is 11.8 Å². The number of carboxylic acids is 1. The molecule has 84 valence electrons. The van der Waals surface area contributed by atoms with Crippen molar-refractivity contribution in [1.82, 2.24) is 4.98 Å². The summed E-state index contributed by atoms with van der Waals surface area (Å²) in [7, 11) is 0. The van der Waals surface area contributed by atoms with E-state index in [-0.39, 0.29) is 11.7 Å². The number of aromatic nitrogens is 1. The van der Waals surface area contributed by atoms with Gasteiger partial charge in [-0.25, -0.2) is 4.98 Å². The Bertz CT molecular complexity index is 476. The first-order chi connectivity index (χ1) is 7.65. The van der Waals surface area contributed by atoms with Gasteiger partial charge in [-0.15, -0.1) is 0 Å². The highest BCUT2D eigenvalue weighted by Gasteiger charge is 2.13. The average molecular weight is 237 g/mol. The van der Waals surface area contributed by atoms with E-state index in [0.717, 1.165) is 11.1 Å². The van der Waals surface area contributed by atoms with E-state index in [0.29, 0.717) is 5.22 Å². The summed E-state index contributed by atoms with van der Waals surface area (Å²) in [6.07, 6.45) is 0.101. The molecule has 1 aromatic carbocycles. The molecule has 0 fully saturated rings. The molecule has 0 saturated heterocycles. The number of oxazole rings is 1. The van der Waals surface area contributed by atoms with Crippen LogP contribution in [0.4, 0.5) is 0 Å². The van der Waals surface area contributed by atoms with Crippen LogP contribution in [-0.2, 0) is 4.79 Å². The third-order valence-corrected chi connectivity index (χ3v) is 2.98. The molecule has 2 aromatic rings. The maximum absolute atomic E-state index is 10.5. The largest absolute Gasteiger partial charge is 0.481 e. The van der Waals surface area contributed by atoms with E-state index in [2.05, 4.69) is 4.98 Å². The molecule has 0 saturated carbocycles. The molecule has 0 radical (unpaired) electrons. The quantitative estimate of drug-likeness (QED) is 0.828. The number of rotatable bonds is 4. The first-order valence-corrected chi connectivity index (χ1v) is 5.77. The van der Waals surface area contributed by atoms with E-state index >= 15 is 0 Å². The number of carbonyl (C=O) groups is 1. The number of hydrogen-bond acceptors (Lipinski definition) is 4. The van der Waals surface area contributed by atoms with Crippen molar-refractivity contribution in [3.05, 3.63) is 24.3 Å². The van der Waals surface area contributed by atoms with Crippen molar-refractivity contribution in [3.8, 4) is 0 Å².